The Hall–Kier alpha value is -0.690. The lowest BCUT2D eigenvalue weighted by Gasteiger charge is -2.27. The van der Waals surface area contributed by atoms with Gasteiger partial charge in [-0.25, -0.2) is 0 Å². The lowest BCUT2D eigenvalue weighted by atomic mass is 9.97. The fraction of sp³-hybridized carbons (Fsp3) is 0.933. The van der Waals surface area contributed by atoms with Gasteiger partial charge in [0.25, 0.3) is 0 Å². The molecular weight excluding hydrogens is 274 g/mol. The van der Waals surface area contributed by atoms with Crippen molar-refractivity contribution in [2.75, 3.05) is 47.2 Å². The molecule has 1 aliphatic carbocycles. The summed E-state index contributed by atoms with van der Waals surface area (Å²) in [6.45, 7) is 5.27. The van der Waals surface area contributed by atoms with Crippen molar-refractivity contribution in [3.05, 3.63) is 0 Å². The Kier molecular flexibility index (Phi) is 8.84. The van der Waals surface area contributed by atoms with Gasteiger partial charge in [0.15, 0.2) is 0 Å². The molecule has 0 aromatic heterocycles. The number of methoxy groups -OCH3 is 2. The molecule has 1 fully saturated rings. The summed E-state index contributed by atoms with van der Waals surface area (Å²) in [6, 6.07) is 0. The molecule has 0 amide bonds. The van der Waals surface area contributed by atoms with E-state index in [4.69, 9.17) is 18.9 Å². The van der Waals surface area contributed by atoms with E-state index in [0.29, 0.717) is 32.8 Å². The first kappa shape index (κ1) is 18.4. The number of carbonyl (C=O) groups is 1. The Balaban J connectivity index is 2.22. The van der Waals surface area contributed by atoms with Crippen molar-refractivity contribution in [3.63, 3.8) is 0 Å². The number of likely N-dealkylation sites (N-methyl/N-ethyl adjacent to an activating group) is 1. The summed E-state index contributed by atoms with van der Waals surface area (Å²) in [5.74, 6) is -0.189. The number of hydrogen-bond donors (Lipinski definition) is 1. The molecule has 124 valence electrons. The summed E-state index contributed by atoms with van der Waals surface area (Å²) in [6.07, 6.45) is 3.27. The fourth-order valence-corrected chi connectivity index (χ4v) is 2.78. The molecule has 0 saturated heterocycles. The molecule has 2 atom stereocenters. The predicted molar refractivity (Wildman–Crippen MR) is 79.3 cm³/mol. The first-order chi connectivity index (χ1) is 10.2. The van der Waals surface area contributed by atoms with E-state index in [1.807, 2.05) is 6.92 Å². The minimum Gasteiger partial charge on any atom is -0.468 e. The van der Waals surface area contributed by atoms with Crippen LogP contribution in [0.15, 0.2) is 0 Å². The highest BCUT2D eigenvalue weighted by Gasteiger charge is 2.46. The van der Waals surface area contributed by atoms with Crippen LogP contribution in [0.2, 0.25) is 0 Å². The molecule has 21 heavy (non-hydrogen) atoms. The summed E-state index contributed by atoms with van der Waals surface area (Å²) in [5.41, 5.74) is -0.576. The molecule has 1 saturated carbocycles. The molecule has 6 nitrogen and oxygen atoms in total. The van der Waals surface area contributed by atoms with Crippen LogP contribution in [0.25, 0.3) is 0 Å². The minimum absolute atomic E-state index is 0.0886. The third-order valence-corrected chi connectivity index (χ3v) is 3.78. The second-order valence-electron chi connectivity index (χ2n) is 5.30. The highest BCUT2D eigenvalue weighted by atomic mass is 16.5. The van der Waals surface area contributed by atoms with E-state index >= 15 is 0 Å². The molecular formula is C15H29NO5. The zero-order chi connectivity index (χ0) is 15.6. The van der Waals surface area contributed by atoms with E-state index in [1.165, 1.54) is 7.11 Å². The Morgan fingerprint density at radius 3 is 2.71 bits per heavy atom. The van der Waals surface area contributed by atoms with E-state index in [9.17, 15) is 4.79 Å². The van der Waals surface area contributed by atoms with E-state index in [2.05, 4.69) is 5.32 Å². The first-order valence-electron chi connectivity index (χ1n) is 7.70. The van der Waals surface area contributed by atoms with Gasteiger partial charge in [-0.2, -0.15) is 0 Å². The molecule has 0 heterocycles. The SMILES string of the molecule is CCNC1(C(=O)OC)CCC(OCCOCCCOC)C1. The molecule has 0 bridgehead atoms. The van der Waals surface area contributed by atoms with Crippen molar-refractivity contribution in [1.29, 1.82) is 0 Å². The summed E-state index contributed by atoms with van der Waals surface area (Å²) >= 11 is 0. The van der Waals surface area contributed by atoms with Crippen molar-refractivity contribution < 1.29 is 23.7 Å². The summed E-state index contributed by atoms with van der Waals surface area (Å²) < 4.78 is 21.1. The number of carbonyl (C=O) groups excluding carboxylic acids is 1. The lowest BCUT2D eigenvalue weighted by molar-refractivity contribution is -0.148. The van der Waals surface area contributed by atoms with E-state index < -0.39 is 5.54 Å². The highest BCUT2D eigenvalue weighted by molar-refractivity contribution is 5.81. The van der Waals surface area contributed by atoms with Crippen LogP contribution < -0.4 is 5.32 Å². The maximum Gasteiger partial charge on any atom is 0.326 e. The molecule has 0 aromatic carbocycles. The van der Waals surface area contributed by atoms with Gasteiger partial charge in [0.1, 0.15) is 5.54 Å². The second kappa shape index (κ2) is 10.1. The number of ether oxygens (including phenoxy) is 4. The minimum atomic E-state index is -0.576. The molecule has 0 aromatic rings. The summed E-state index contributed by atoms with van der Waals surface area (Å²) in [5, 5.41) is 3.26. The predicted octanol–water partition coefficient (Wildman–Crippen LogP) is 1.13. The molecule has 0 aliphatic heterocycles. The highest BCUT2D eigenvalue weighted by Crippen LogP contribution is 2.33. The van der Waals surface area contributed by atoms with E-state index in [-0.39, 0.29) is 12.1 Å². The van der Waals surface area contributed by atoms with Gasteiger partial charge in [0.05, 0.1) is 26.4 Å². The Labute approximate surface area is 127 Å². The summed E-state index contributed by atoms with van der Waals surface area (Å²) in [7, 11) is 3.12. The van der Waals surface area contributed by atoms with Crippen molar-refractivity contribution in [3.8, 4) is 0 Å². The van der Waals surface area contributed by atoms with Crippen LogP contribution >= 0.6 is 0 Å². The molecule has 1 aliphatic rings. The Morgan fingerprint density at radius 2 is 2.05 bits per heavy atom. The van der Waals surface area contributed by atoms with Gasteiger partial charge in [-0.3, -0.25) is 4.79 Å². The van der Waals surface area contributed by atoms with Crippen LogP contribution in [0.3, 0.4) is 0 Å². The molecule has 0 radical (unpaired) electrons. The molecule has 6 heteroatoms. The van der Waals surface area contributed by atoms with Gasteiger partial charge in [0.2, 0.25) is 0 Å². The largest absolute Gasteiger partial charge is 0.468 e. The second-order valence-corrected chi connectivity index (χ2v) is 5.30. The van der Waals surface area contributed by atoms with Gasteiger partial charge >= 0.3 is 5.97 Å². The summed E-state index contributed by atoms with van der Waals surface area (Å²) in [4.78, 5) is 12.0. The third kappa shape index (κ3) is 5.90. The van der Waals surface area contributed by atoms with Crippen molar-refractivity contribution in [1.82, 2.24) is 5.32 Å². The van der Waals surface area contributed by atoms with Crippen LogP contribution in [0.5, 0.6) is 0 Å². The monoisotopic (exact) mass is 303 g/mol. The van der Waals surface area contributed by atoms with Crippen LogP contribution in [0.1, 0.15) is 32.6 Å². The number of esters is 1. The Bertz CT molecular complexity index is 300. The van der Waals surface area contributed by atoms with Gasteiger partial charge in [-0.15, -0.1) is 0 Å². The molecule has 1 rings (SSSR count). The topological polar surface area (TPSA) is 66.0 Å². The third-order valence-electron chi connectivity index (χ3n) is 3.78. The van der Waals surface area contributed by atoms with E-state index in [0.717, 1.165) is 25.8 Å². The van der Waals surface area contributed by atoms with Gasteiger partial charge < -0.3 is 24.3 Å². The molecule has 0 spiro atoms. The number of rotatable bonds is 11. The van der Waals surface area contributed by atoms with Crippen LogP contribution in [-0.2, 0) is 23.7 Å². The van der Waals surface area contributed by atoms with Gasteiger partial charge in [0, 0.05) is 26.7 Å². The smallest absolute Gasteiger partial charge is 0.326 e. The van der Waals surface area contributed by atoms with Crippen LogP contribution in [-0.4, -0.2) is 64.8 Å². The van der Waals surface area contributed by atoms with Crippen LogP contribution in [0, 0.1) is 0 Å². The zero-order valence-corrected chi connectivity index (χ0v) is 13.5. The van der Waals surface area contributed by atoms with Gasteiger partial charge in [-0.1, -0.05) is 6.92 Å². The normalized spacial score (nSPS) is 25.2. The standard InChI is InChI=1S/C15H29NO5/c1-4-16-15(14(17)19-3)7-6-13(12-15)21-11-10-20-9-5-8-18-2/h13,16H,4-12H2,1-3H3. The Morgan fingerprint density at radius 1 is 1.24 bits per heavy atom. The average molecular weight is 303 g/mol. The van der Waals surface area contributed by atoms with Crippen LogP contribution in [0.4, 0.5) is 0 Å². The van der Waals surface area contributed by atoms with Crippen molar-refractivity contribution in [2.24, 2.45) is 0 Å². The van der Waals surface area contributed by atoms with Crippen molar-refractivity contribution >= 4 is 5.97 Å². The number of nitrogens with one attached hydrogen (secondary N) is 1. The lowest BCUT2D eigenvalue weighted by Crippen LogP contribution is -2.51. The van der Waals surface area contributed by atoms with Gasteiger partial charge in [-0.05, 0) is 25.8 Å². The average Bonchev–Trinajstić information content (AvgIpc) is 2.90. The fourth-order valence-electron chi connectivity index (χ4n) is 2.78. The number of hydrogen-bond acceptors (Lipinski definition) is 6. The maximum atomic E-state index is 12.0. The van der Waals surface area contributed by atoms with E-state index in [1.54, 1.807) is 7.11 Å². The first-order valence-corrected chi connectivity index (χ1v) is 7.70. The molecule has 1 N–H and O–H groups in total. The maximum absolute atomic E-state index is 12.0. The molecule has 2 unspecified atom stereocenters. The zero-order valence-electron chi connectivity index (χ0n) is 13.5. The quantitative estimate of drug-likeness (QED) is 0.456. The van der Waals surface area contributed by atoms with Crippen molar-refractivity contribution in [2.45, 2.75) is 44.2 Å².